The van der Waals surface area contributed by atoms with Gasteiger partial charge < -0.3 is 5.73 Å². The quantitative estimate of drug-likeness (QED) is 0.720. The van der Waals surface area contributed by atoms with Gasteiger partial charge in [-0.1, -0.05) is 31.1 Å². The van der Waals surface area contributed by atoms with E-state index < -0.39 is 10.0 Å². The summed E-state index contributed by atoms with van der Waals surface area (Å²) in [5, 5.41) is 7.09. The van der Waals surface area contributed by atoms with Crippen molar-refractivity contribution < 1.29 is 8.42 Å². The summed E-state index contributed by atoms with van der Waals surface area (Å²) in [4.78, 5) is 0. The molecule has 0 spiro atoms. The second-order valence-corrected chi connectivity index (χ2v) is 5.96. The van der Waals surface area contributed by atoms with Gasteiger partial charge in [0.25, 0.3) is 10.0 Å². The number of unbranched alkanes of at least 4 members (excludes halogenated alkanes) is 2. The molecule has 8 heteroatoms. The molecule has 86 valence electrons. The highest BCUT2D eigenvalue weighted by Gasteiger charge is 2.18. The Labute approximate surface area is 93.0 Å². The Bertz CT molecular complexity index is 401. The minimum atomic E-state index is -3.51. The van der Waals surface area contributed by atoms with Crippen molar-refractivity contribution in [2.75, 3.05) is 12.3 Å². The minimum Gasteiger partial charge on any atom is -0.374 e. The lowest BCUT2D eigenvalue weighted by atomic mass is 10.3. The number of nitrogens with one attached hydrogen (secondary N) is 1. The number of nitrogens with two attached hydrogens (primary N) is 1. The maximum Gasteiger partial charge on any atom is 0.269 e. The lowest BCUT2D eigenvalue weighted by Gasteiger charge is -2.01. The largest absolute Gasteiger partial charge is 0.374 e. The molecular weight excluding hydrogens is 236 g/mol. The van der Waals surface area contributed by atoms with Gasteiger partial charge in [0.1, 0.15) is 0 Å². The van der Waals surface area contributed by atoms with Crippen LogP contribution in [0, 0.1) is 0 Å². The second kappa shape index (κ2) is 5.38. The average molecular weight is 250 g/mol. The number of sulfonamides is 1. The normalized spacial score (nSPS) is 11.8. The lowest BCUT2D eigenvalue weighted by molar-refractivity contribution is 0.574. The highest BCUT2D eigenvalue weighted by atomic mass is 32.2. The Morgan fingerprint density at radius 1 is 1.40 bits per heavy atom. The first-order valence-corrected chi connectivity index (χ1v) is 6.95. The van der Waals surface area contributed by atoms with Crippen LogP contribution in [0.5, 0.6) is 0 Å². The van der Waals surface area contributed by atoms with Gasteiger partial charge in [-0.25, -0.2) is 13.1 Å². The molecule has 0 bridgehead atoms. The molecule has 0 radical (unpaired) electrons. The van der Waals surface area contributed by atoms with Crippen LogP contribution < -0.4 is 10.5 Å². The lowest BCUT2D eigenvalue weighted by Crippen LogP contribution is -2.24. The molecule has 0 saturated heterocycles. The molecule has 0 amide bonds. The second-order valence-electron chi connectivity index (χ2n) is 3.01. The molecule has 1 aromatic rings. The van der Waals surface area contributed by atoms with Crippen LogP contribution in [0.3, 0.4) is 0 Å². The molecule has 0 saturated carbocycles. The van der Waals surface area contributed by atoms with Crippen molar-refractivity contribution in [1.29, 1.82) is 0 Å². The van der Waals surface area contributed by atoms with Crippen molar-refractivity contribution in [3.63, 3.8) is 0 Å². The van der Waals surface area contributed by atoms with E-state index in [9.17, 15) is 8.42 Å². The number of nitrogen functional groups attached to an aromatic ring is 1. The van der Waals surface area contributed by atoms with Gasteiger partial charge in [-0.15, -0.1) is 10.2 Å². The summed E-state index contributed by atoms with van der Waals surface area (Å²) in [5.41, 5.74) is 5.30. The number of rotatable bonds is 6. The first-order chi connectivity index (χ1) is 7.06. The molecule has 3 N–H and O–H groups in total. The molecule has 15 heavy (non-hydrogen) atoms. The molecule has 0 aromatic carbocycles. The van der Waals surface area contributed by atoms with Gasteiger partial charge in [-0.05, 0) is 6.42 Å². The van der Waals surface area contributed by atoms with E-state index in [2.05, 4.69) is 21.8 Å². The highest BCUT2D eigenvalue weighted by molar-refractivity contribution is 7.91. The summed E-state index contributed by atoms with van der Waals surface area (Å²) in [6.07, 6.45) is 2.87. The van der Waals surface area contributed by atoms with Gasteiger partial charge in [0.15, 0.2) is 0 Å². The van der Waals surface area contributed by atoms with Gasteiger partial charge >= 0.3 is 0 Å². The molecule has 0 aliphatic heterocycles. The summed E-state index contributed by atoms with van der Waals surface area (Å²) in [5.74, 6) is 0. The minimum absolute atomic E-state index is 0.0727. The van der Waals surface area contributed by atoms with Crippen molar-refractivity contribution in [2.45, 2.75) is 30.5 Å². The van der Waals surface area contributed by atoms with Crippen molar-refractivity contribution in [3.05, 3.63) is 0 Å². The van der Waals surface area contributed by atoms with Crippen LogP contribution in [0.4, 0.5) is 5.13 Å². The van der Waals surface area contributed by atoms with Crippen LogP contribution in [0.15, 0.2) is 4.34 Å². The fraction of sp³-hybridized carbons (Fsp3) is 0.714. The number of aromatic nitrogens is 2. The zero-order valence-corrected chi connectivity index (χ0v) is 10.1. The first-order valence-electron chi connectivity index (χ1n) is 4.65. The van der Waals surface area contributed by atoms with Crippen LogP contribution in [0.25, 0.3) is 0 Å². The van der Waals surface area contributed by atoms with Crippen molar-refractivity contribution in [3.8, 4) is 0 Å². The van der Waals surface area contributed by atoms with Gasteiger partial charge in [0.2, 0.25) is 9.47 Å². The predicted octanol–water partition coefficient (Wildman–Crippen LogP) is 0.589. The van der Waals surface area contributed by atoms with E-state index in [1.54, 1.807) is 0 Å². The average Bonchev–Trinajstić information content (AvgIpc) is 2.60. The maximum atomic E-state index is 11.5. The highest BCUT2D eigenvalue weighted by Crippen LogP contribution is 2.16. The molecule has 1 aromatic heterocycles. The zero-order chi connectivity index (χ0) is 11.3. The molecule has 0 fully saturated rings. The number of hydrogen-bond acceptors (Lipinski definition) is 6. The van der Waals surface area contributed by atoms with Crippen molar-refractivity contribution in [1.82, 2.24) is 14.9 Å². The SMILES string of the molecule is CCCCCNS(=O)(=O)c1nnc(N)s1. The third-order valence-electron chi connectivity index (χ3n) is 1.72. The molecule has 0 aliphatic carbocycles. The maximum absolute atomic E-state index is 11.5. The van der Waals surface area contributed by atoms with Gasteiger partial charge in [-0.3, -0.25) is 0 Å². The van der Waals surface area contributed by atoms with Crippen LogP contribution in [-0.4, -0.2) is 25.2 Å². The Kier molecular flexibility index (Phi) is 4.43. The molecule has 0 unspecified atom stereocenters. The summed E-state index contributed by atoms with van der Waals surface area (Å²) in [6.45, 7) is 2.48. The first kappa shape index (κ1) is 12.3. The number of anilines is 1. The van der Waals surface area contributed by atoms with Crippen LogP contribution in [0.1, 0.15) is 26.2 Å². The van der Waals surface area contributed by atoms with E-state index in [1.807, 2.05) is 0 Å². The van der Waals surface area contributed by atoms with E-state index in [-0.39, 0.29) is 9.47 Å². The smallest absolute Gasteiger partial charge is 0.269 e. The Morgan fingerprint density at radius 2 is 2.13 bits per heavy atom. The van der Waals surface area contributed by atoms with E-state index in [0.717, 1.165) is 30.6 Å². The Hall–Kier alpha value is -0.730. The summed E-state index contributed by atoms with van der Waals surface area (Å²) in [7, 11) is -3.51. The van der Waals surface area contributed by atoms with E-state index in [0.29, 0.717) is 6.54 Å². The van der Waals surface area contributed by atoms with E-state index in [4.69, 9.17) is 5.73 Å². The molecular formula is C7H14N4O2S2. The fourth-order valence-corrected chi connectivity index (χ4v) is 2.87. The zero-order valence-electron chi connectivity index (χ0n) is 8.43. The topological polar surface area (TPSA) is 98.0 Å². The molecule has 1 heterocycles. The Morgan fingerprint density at radius 3 is 2.67 bits per heavy atom. The predicted molar refractivity (Wildman–Crippen MR) is 59.0 cm³/mol. The molecule has 0 aliphatic rings. The summed E-state index contributed by atoms with van der Waals surface area (Å²) < 4.78 is 25.5. The van der Waals surface area contributed by atoms with Crippen LogP contribution >= 0.6 is 11.3 Å². The molecule has 0 atom stereocenters. The van der Waals surface area contributed by atoms with E-state index >= 15 is 0 Å². The summed E-state index contributed by atoms with van der Waals surface area (Å²) >= 11 is 0.864. The number of hydrogen-bond donors (Lipinski definition) is 2. The fourth-order valence-electron chi connectivity index (χ4n) is 0.972. The van der Waals surface area contributed by atoms with Crippen molar-refractivity contribution in [2.24, 2.45) is 0 Å². The third-order valence-corrected chi connectivity index (χ3v) is 4.31. The summed E-state index contributed by atoms with van der Waals surface area (Å²) in [6, 6.07) is 0. The van der Waals surface area contributed by atoms with Crippen LogP contribution in [-0.2, 0) is 10.0 Å². The van der Waals surface area contributed by atoms with E-state index in [1.165, 1.54) is 0 Å². The monoisotopic (exact) mass is 250 g/mol. The number of nitrogens with zero attached hydrogens (tertiary/aromatic N) is 2. The molecule has 6 nitrogen and oxygen atoms in total. The van der Waals surface area contributed by atoms with Gasteiger partial charge in [0, 0.05) is 6.54 Å². The Balaban J connectivity index is 2.53. The van der Waals surface area contributed by atoms with Crippen molar-refractivity contribution >= 4 is 26.5 Å². The third kappa shape index (κ3) is 3.73. The standard InChI is InChI=1S/C7H14N4O2S2/c1-2-3-4-5-9-15(12,13)7-11-10-6(8)14-7/h9H,2-5H2,1H3,(H2,8,10). The van der Waals surface area contributed by atoms with Gasteiger partial charge in [0.05, 0.1) is 0 Å². The van der Waals surface area contributed by atoms with Crippen LogP contribution in [0.2, 0.25) is 0 Å². The van der Waals surface area contributed by atoms with Gasteiger partial charge in [-0.2, -0.15) is 0 Å². The molecule has 1 rings (SSSR count).